The molecule has 1 aromatic carbocycles. The lowest BCUT2D eigenvalue weighted by molar-refractivity contribution is -0.125. The molecule has 1 aliphatic heterocycles. The highest BCUT2D eigenvalue weighted by atomic mass is 19.1. The first kappa shape index (κ1) is 18.4. The highest BCUT2D eigenvalue weighted by Crippen LogP contribution is 2.16. The molecule has 132 valence electrons. The van der Waals surface area contributed by atoms with Crippen molar-refractivity contribution in [1.82, 2.24) is 10.6 Å². The molecule has 24 heavy (non-hydrogen) atoms. The minimum atomic E-state index is -0.661. The number of hydrogen-bond donors (Lipinski definition) is 2. The largest absolute Gasteiger partial charge is 0.376 e. The van der Waals surface area contributed by atoms with Gasteiger partial charge in [-0.2, -0.15) is 0 Å². The van der Waals surface area contributed by atoms with Crippen LogP contribution in [0.4, 0.5) is 4.39 Å². The van der Waals surface area contributed by atoms with Crippen molar-refractivity contribution >= 4 is 11.8 Å². The SMILES string of the molecule is CC(C)C(NC(=O)c1ccc(F)cc1)C(=O)NC(C)C1CCCO1. The lowest BCUT2D eigenvalue weighted by Gasteiger charge is -2.26. The topological polar surface area (TPSA) is 67.4 Å². The zero-order valence-corrected chi connectivity index (χ0v) is 14.3. The molecule has 0 saturated carbocycles. The van der Waals surface area contributed by atoms with Crippen molar-refractivity contribution in [3.63, 3.8) is 0 Å². The van der Waals surface area contributed by atoms with Crippen LogP contribution in [0.15, 0.2) is 24.3 Å². The Bertz CT molecular complexity index is 568. The maximum Gasteiger partial charge on any atom is 0.251 e. The summed E-state index contributed by atoms with van der Waals surface area (Å²) >= 11 is 0. The van der Waals surface area contributed by atoms with Gasteiger partial charge in [-0.15, -0.1) is 0 Å². The number of amides is 2. The van der Waals surface area contributed by atoms with Crippen molar-refractivity contribution in [2.45, 2.75) is 51.8 Å². The molecule has 3 atom stereocenters. The third-order valence-electron chi connectivity index (χ3n) is 4.23. The lowest BCUT2D eigenvalue weighted by Crippen LogP contribution is -2.53. The van der Waals surface area contributed by atoms with Crippen LogP contribution in [-0.2, 0) is 9.53 Å². The Kier molecular flexibility index (Phi) is 6.31. The average Bonchev–Trinajstić information content (AvgIpc) is 3.07. The molecule has 0 radical (unpaired) electrons. The molecule has 3 unspecified atom stereocenters. The van der Waals surface area contributed by atoms with E-state index in [-0.39, 0.29) is 24.0 Å². The predicted molar refractivity (Wildman–Crippen MR) is 89.1 cm³/mol. The first-order valence-electron chi connectivity index (χ1n) is 8.37. The van der Waals surface area contributed by atoms with Gasteiger partial charge in [0.15, 0.2) is 0 Å². The predicted octanol–water partition coefficient (Wildman–Crippen LogP) is 2.26. The lowest BCUT2D eigenvalue weighted by atomic mass is 10.0. The molecule has 2 N–H and O–H groups in total. The van der Waals surface area contributed by atoms with E-state index in [1.54, 1.807) is 0 Å². The summed E-state index contributed by atoms with van der Waals surface area (Å²) < 4.78 is 18.5. The van der Waals surface area contributed by atoms with Gasteiger partial charge >= 0.3 is 0 Å². The second kappa shape index (κ2) is 8.24. The average molecular weight is 336 g/mol. The van der Waals surface area contributed by atoms with Crippen LogP contribution < -0.4 is 10.6 Å². The fraction of sp³-hybridized carbons (Fsp3) is 0.556. The van der Waals surface area contributed by atoms with E-state index in [1.165, 1.54) is 24.3 Å². The Morgan fingerprint density at radius 3 is 2.38 bits per heavy atom. The van der Waals surface area contributed by atoms with Gasteiger partial charge in [0.05, 0.1) is 12.1 Å². The van der Waals surface area contributed by atoms with E-state index in [1.807, 2.05) is 20.8 Å². The van der Waals surface area contributed by atoms with Crippen LogP contribution >= 0.6 is 0 Å². The van der Waals surface area contributed by atoms with Crippen LogP contribution in [-0.4, -0.2) is 36.6 Å². The fourth-order valence-electron chi connectivity index (χ4n) is 2.76. The van der Waals surface area contributed by atoms with Gasteiger partial charge in [0.25, 0.3) is 5.91 Å². The quantitative estimate of drug-likeness (QED) is 0.837. The summed E-state index contributed by atoms with van der Waals surface area (Å²) in [6.45, 7) is 6.37. The van der Waals surface area contributed by atoms with Crippen LogP contribution in [0.3, 0.4) is 0 Å². The molecule has 1 heterocycles. The van der Waals surface area contributed by atoms with Crippen molar-refractivity contribution in [3.05, 3.63) is 35.6 Å². The Morgan fingerprint density at radius 1 is 1.17 bits per heavy atom. The van der Waals surface area contributed by atoms with Crippen LogP contribution in [0, 0.1) is 11.7 Å². The summed E-state index contributed by atoms with van der Waals surface area (Å²) in [5.74, 6) is -1.11. The summed E-state index contributed by atoms with van der Waals surface area (Å²) in [7, 11) is 0. The van der Waals surface area contributed by atoms with Gasteiger partial charge < -0.3 is 15.4 Å². The first-order chi connectivity index (χ1) is 11.4. The minimum Gasteiger partial charge on any atom is -0.376 e. The van der Waals surface area contributed by atoms with Gasteiger partial charge in [0.2, 0.25) is 5.91 Å². The molecule has 6 heteroatoms. The minimum absolute atomic E-state index is 0.0227. The molecule has 0 bridgehead atoms. The molecular weight excluding hydrogens is 311 g/mol. The summed E-state index contributed by atoms with van der Waals surface area (Å²) in [4.78, 5) is 24.8. The van der Waals surface area contributed by atoms with E-state index >= 15 is 0 Å². The maximum atomic E-state index is 13.0. The summed E-state index contributed by atoms with van der Waals surface area (Å²) in [6, 6.07) is 4.47. The van der Waals surface area contributed by atoms with E-state index < -0.39 is 17.8 Å². The maximum absolute atomic E-state index is 13.0. The second-order valence-electron chi connectivity index (χ2n) is 6.55. The monoisotopic (exact) mass is 336 g/mol. The second-order valence-corrected chi connectivity index (χ2v) is 6.55. The van der Waals surface area contributed by atoms with E-state index in [0.29, 0.717) is 5.56 Å². The fourth-order valence-corrected chi connectivity index (χ4v) is 2.76. The van der Waals surface area contributed by atoms with E-state index in [2.05, 4.69) is 10.6 Å². The smallest absolute Gasteiger partial charge is 0.251 e. The molecule has 0 aliphatic carbocycles. The number of halogens is 1. The van der Waals surface area contributed by atoms with E-state index in [0.717, 1.165) is 19.4 Å². The van der Waals surface area contributed by atoms with Crippen molar-refractivity contribution in [2.24, 2.45) is 5.92 Å². The zero-order valence-electron chi connectivity index (χ0n) is 14.3. The number of ether oxygens (including phenoxy) is 1. The number of benzene rings is 1. The number of carbonyl (C=O) groups is 2. The standard InChI is InChI=1S/C18H25FN2O3/c1-11(2)16(18(23)20-12(3)15-5-4-10-24-15)21-17(22)13-6-8-14(19)9-7-13/h6-9,11-12,15-16H,4-5,10H2,1-3H3,(H,20,23)(H,21,22). The highest BCUT2D eigenvalue weighted by molar-refractivity contribution is 5.97. The van der Waals surface area contributed by atoms with E-state index in [4.69, 9.17) is 4.74 Å². The normalized spacial score (nSPS) is 19.8. The highest BCUT2D eigenvalue weighted by Gasteiger charge is 2.29. The molecule has 5 nitrogen and oxygen atoms in total. The Morgan fingerprint density at radius 2 is 1.83 bits per heavy atom. The summed E-state index contributed by atoms with van der Waals surface area (Å²) in [6.07, 6.45) is 1.95. The molecule has 0 spiro atoms. The Balaban J connectivity index is 1.98. The Labute approximate surface area is 142 Å². The summed E-state index contributed by atoms with van der Waals surface area (Å²) in [5.41, 5.74) is 0.321. The number of nitrogens with one attached hydrogen (secondary N) is 2. The molecule has 2 rings (SSSR count). The molecule has 1 aliphatic rings. The van der Waals surface area contributed by atoms with Crippen molar-refractivity contribution in [3.8, 4) is 0 Å². The van der Waals surface area contributed by atoms with E-state index in [9.17, 15) is 14.0 Å². The van der Waals surface area contributed by atoms with Crippen LogP contribution in [0.5, 0.6) is 0 Å². The van der Waals surface area contributed by atoms with Crippen molar-refractivity contribution in [1.29, 1.82) is 0 Å². The van der Waals surface area contributed by atoms with Crippen LogP contribution in [0.2, 0.25) is 0 Å². The van der Waals surface area contributed by atoms with Gasteiger partial charge in [0.1, 0.15) is 11.9 Å². The molecule has 1 aromatic rings. The van der Waals surface area contributed by atoms with Crippen molar-refractivity contribution in [2.75, 3.05) is 6.61 Å². The van der Waals surface area contributed by atoms with Gasteiger partial charge in [0, 0.05) is 12.2 Å². The van der Waals surface area contributed by atoms with Gasteiger partial charge in [-0.25, -0.2) is 4.39 Å². The third kappa shape index (κ3) is 4.77. The molecular formula is C18H25FN2O3. The molecule has 2 amide bonds. The van der Waals surface area contributed by atoms with Gasteiger partial charge in [-0.05, 0) is 49.9 Å². The van der Waals surface area contributed by atoms with Crippen molar-refractivity contribution < 1.29 is 18.7 Å². The number of hydrogen-bond acceptors (Lipinski definition) is 3. The number of carbonyl (C=O) groups excluding carboxylic acids is 2. The molecule has 1 fully saturated rings. The Hall–Kier alpha value is -1.95. The third-order valence-corrected chi connectivity index (χ3v) is 4.23. The molecule has 1 saturated heterocycles. The molecule has 0 aromatic heterocycles. The van der Waals surface area contributed by atoms with Gasteiger partial charge in [-0.3, -0.25) is 9.59 Å². The van der Waals surface area contributed by atoms with Crippen LogP contribution in [0.1, 0.15) is 44.0 Å². The summed E-state index contributed by atoms with van der Waals surface area (Å²) in [5, 5.41) is 5.66. The number of rotatable bonds is 6. The zero-order chi connectivity index (χ0) is 17.7. The first-order valence-corrected chi connectivity index (χ1v) is 8.37. The van der Waals surface area contributed by atoms with Gasteiger partial charge in [-0.1, -0.05) is 13.8 Å². The van der Waals surface area contributed by atoms with Crippen LogP contribution in [0.25, 0.3) is 0 Å².